The number of hydrogen-bond acceptors (Lipinski definition) is 3. The standard InChI is InChI=1S/C10H18N2O2/c1-11-8-3-6-12(9(8)13)7-10(14)4-2-5-10/h8,11,14H,2-7H2,1H3. The van der Waals surface area contributed by atoms with Crippen LogP contribution in [0.2, 0.25) is 0 Å². The van der Waals surface area contributed by atoms with E-state index in [9.17, 15) is 9.90 Å². The van der Waals surface area contributed by atoms with E-state index in [0.717, 1.165) is 32.2 Å². The summed E-state index contributed by atoms with van der Waals surface area (Å²) < 4.78 is 0. The summed E-state index contributed by atoms with van der Waals surface area (Å²) in [5, 5.41) is 12.9. The van der Waals surface area contributed by atoms with Gasteiger partial charge in [0, 0.05) is 13.1 Å². The summed E-state index contributed by atoms with van der Waals surface area (Å²) in [6.45, 7) is 1.32. The van der Waals surface area contributed by atoms with Crippen molar-refractivity contribution >= 4 is 5.91 Å². The molecule has 2 N–H and O–H groups in total. The SMILES string of the molecule is CNC1CCN(CC2(O)CCC2)C1=O. The van der Waals surface area contributed by atoms with Crippen molar-refractivity contribution in [3.05, 3.63) is 0 Å². The first-order valence-electron chi connectivity index (χ1n) is 5.33. The lowest BCUT2D eigenvalue weighted by Gasteiger charge is -2.39. The van der Waals surface area contributed by atoms with E-state index < -0.39 is 5.60 Å². The fraction of sp³-hybridized carbons (Fsp3) is 0.900. The predicted octanol–water partition coefficient (Wildman–Crippen LogP) is -0.278. The number of carbonyl (C=O) groups excluding carboxylic acids is 1. The second kappa shape index (κ2) is 3.51. The molecule has 0 aromatic carbocycles. The molecule has 1 unspecified atom stereocenters. The molecule has 1 saturated heterocycles. The molecule has 4 nitrogen and oxygen atoms in total. The minimum Gasteiger partial charge on any atom is -0.388 e. The number of nitrogens with zero attached hydrogens (tertiary/aromatic N) is 1. The van der Waals surface area contributed by atoms with Gasteiger partial charge >= 0.3 is 0 Å². The molecule has 1 atom stereocenters. The number of β-amino-alcohol motifs (C(OH)–C–C–N with tert-alkyl or cyclic N) is 1. The van der Waals surface area contributed by atoms with Crippen LogP contribution in [0.25, 0.3) is 0 Å². The maximum atomic E-state index is 11.7. The third-order valence-electron chi connectivity index (χ3n) is 3.42. The molecular formula is C10H18N2O2. The summed E-state index contributed by atoms with van der Waals surface area (Å²) in [5.74, 6) is 0.146. The van der Waals surface area contributed by atoms with Crippen LogP contribution >= 0.6 is 0 Å². The highest BCUT2D eigenvalue weighted by Crippen LogP contribution is 2.33. The summed E-state index contributed by atoms with van der Waals surface area (Å²) >= 11 is 0. The summed E-state index contributed by atoms with van der Waals surface area (Å²) in [5.41, 5.74) is -0.571. The molecule has 2 fully saturated rings. The summed E-state index contributed by atoms with van der Waals surface area (Å²) in [6.07, 6.45) is 3.65. The largest absolute Gasteiger partial charge is 0.388 e. The van der Waals surface area contributed by atoms with Gasteiger partial charge in [-0.3, -0.25) is 4.79 Å². The topological polar surface area (TPSA) is 52.6 Å². The van der Waals surface area contributed by atoms with Crippen molar-refractivity contribution in [2.45, 2.75) is 37.3 Å². The maximum absolute atomic E-state index is 11.7. The van der Waals surface area contributed by atoms with E-state index >= 15 is 0 Å². The molecule has 0 aromatic heterocycles. The normalized spacial score (nSPS) is 30.6. The number of likely N-dealkylation sites (N-methyl/N-ethyl adjacent to an activating group) is 1. The van der Waals surface area contributed by atoms with Gasteiger partial charge in [-0.15, -0.1) is 0 Å². The average Bonchev–Trinajstić information content (AvgIpc) is 2.45. The number of aliphatic hydroxyl groups is 1. The van der Waals surface area contributed by atoms with E-state index in [1.807, 2.05) is 7.05 Å². The molecule has 0 radical (unpaired) electrons. The Morgan fingerprint density at radius 3 is 2.79 bits per heavy atom. The summed E-state index contributed by atoms with van der Waals surface area (Å²) in [6, 6.07) is -0.0290. The van der Waals surface area contributed by atoms with Crippen LogP contribution in [0.15, 0.2) is 0 Å². The Labute approximate surface area is 84.3 Å². The van der Waals surface area contributed by atoms with Gasteiger partial charge in [0.05, 0.1) is 11.6 Å². The fourth-order valence-electron chi connectivity index (χ4n) is 2.26. The lowest BCUT2D eigenvalue weighted by Crippen LogP contribution is -2.49. The quantitative estimate of drug-likeness (QED) is 0.656. The van der Waals surface area contributed by atoms with Gasteiger partial charge < -0.3 is 15.3 Å². The van der Waals surface area contributed by atoms with E-state index in [2.05, 4.69) is 5.32 Å². The summed E-state index contributed by atoms with van der Waals surface area (Å²) in [7, 11) is 1.81. The highest BCUT2D eigenvalue weighted by atomic mass is 16.3. The molecule has 2 aliphatic rings. The van der Waals surface area contributed by atoms with Gasteiger partial charge in [0.25, 0.3) is 0 Å². The molecule has 1 aliphatic carbocycles. The predicted molar refractivity (Wildman–Crippen MR) is 52.8 cm³/mol. The van der Waals surface area contributed by atoms with Crippen LogP contribution in [0.1, 0.15) is 25.7 Å². The Morgan fingerprint density at radius 1 is 1.64 bits per heavy atom. The molecule has 0 spiro atoms. The van der Waals surface area contributed by atoms with Gasteiger partial charge in [0.2, 0.25) is 5.91 Å². The zero-order valence-electron chi connectivity index (χ0n) is 8.62. The van der Waals surface area contributed by atoms with Gasteiger partial charge in [-0.1, -0.05) is 0 Å². The third-order valence-corrected chi connectivity index (χ3v) is 3.42. The lowest BCUT2D eigenvalue weighted by atomic mass is 9.80. The second-order valence-electron chi connectivity index (χ2n) is 4.47. The van der Waals surface area contributed by atoms with Gasteiger partial charge in [0.1, 0.15) is 0 Å². The van der Waals surface area contributed by atoms with E-state index in [1.165, 1.54) is 0 Å². The van der Waals surface area contributed by atoms with Crippen LogP contribution in [0.5, 0.6) is 0 Å². The Bertz CT molecular complexity index is 238. The van der Waals surface area contributed by atoms with Gasteiger partial charge in [-0.05, 0) is 32.7 Å². The Hall–Kier alpha value is -0.610. The average molecular weight is 198 g/mol. The molecule has 0 aromatic rings. The van der Waals surface area contributed by atoms with Crippen molar-refractivity contribution in [2.75, 3.05) is 20.1 Å². The molecule has 1 aliphatic heterocycles. The van der Waals surface area contributed by atoms with E-state index in [0.29, 0.717) is 6.54 Å². The van der Waals surface area contributed by atoms with Crippen molar-refractivity contribution in [1.29, 1.82) is 0 Å². The van der Waals surface area contributed by atoms with Gasteiger partial charge in [0.15, 0.2) is 0 Å². The fourth-order valence-corrected chi connectivity index (χ4v) is 2.26. The Balaban J connectivity index is 1.90. The lowest BCUT2D eigenvalue weighted by molar-refractivity contribution is -0.135. The van der Waals surface area contributed by atoms with Crippen LogP contribution in [0.4, 0.5) is 0 Å². The second-order valence-corrected chi connectivity index (χ2v) is 4.47. The highest BCUT2D eigenvalue weighted by molar-refractivity contribution is 5.84. The zero-order chi connectivity index (χ0) is 10.2. The molecule has 4 heteroatoms. The molecule has 1 heterocycles. The highest BCUT2D eigenvalue weighted by Gasteiger charge is 2.40. The van der Waals surface area contributed by atoms with Crippen molar-refractivity contribution in [1.82, 2.24) is 10.2 Å². The zero-order valence-corrected chi connectivity index (χ0v) is 8.62. The van der Waals surface area contributed by atoms with Crippen LogP contribution in [0, 0.1) is 0 Å². The third kappa shape index (κ3) is 1.64. The first-order chi connectivity index (χ1) is 6.64. The molecule has 1 saturated carbocycles. The Kier molecular flexibility index (Phi) is 2.49. The van der Waals surface area contributed by atoms with Crippen LogP contribution < -0.4 is 5.32 Å². The molecule has 80 valence electrons. The first-order valence-corrected chi connectivity index (χ1v) is 5.33. The first kappa shape index (κ1) is 9.93. The van der Waals surface area contributed by atoms with Crippen LogP contribution in [-0.2, 0) is 4.79 Å². The Morgan fingerprint density at radius 2 is 2.36 bits per heavy atom. The number of likely N-dealkylation sites (tertiary alicyclic amines) is 1. The molecule has 14 heavy (non-hydrogen) atoms. The number of amides is 1. The van der Waals surface area contributed by atoms with E-state index in [1.54, 1.807) is 4.90 Å². The van der Waals surface area contributed by atoms with Crippen molar-refractivity contribution in [2.24, 2.45) is 0 Å². The molecular weight excluding hydrogens is 180 g/mol. The molecule has 2 rings (SSSR count). The monoisotopic (exact) mass is 198 g/mol. The number of hydrogen-bond donors (Lipinski definition) is 2. The van der Waals surface area contributed by atoms with Crippen molar-refractivity contribution in [3.8, 4) is 0 Å². The molecule has 0 bridgehead atoms. The summed E-state index contributed by atoms with van der Waals surface area (Å²) in [4.78, 5) is 13.5. The maximum Gasteiger partial charge on any atom is 0.239 e. The minimum atomic E-state index is -0.571. The number of nitrogens with one attached hydrogen (secondary N) is 1. The van der Waals surface area contributed by atoms with Gasteiger partial charge in [-0.2, -0.15) is 0 Å². The molecule has 1 amide bonds. The van der Waals surface area contributed by atoms with Crippen molar-refractivity contribution in [3.63, 3.8) is 0 Å². The van der Waals surface area contributed by atoms with Gasteiger partial charge in [-0.25, -0.2) is 0 Å². The number of rotatable bonds is 3. The van der Waals surface area contributed by atoms with Crippen LogP contribution in [-0.4, -0.2) is 47.7 Å². The van der Waals surface area contributed by atoms with E-state index in [4.69, 9.17) is 0 Å². The van der Waals surface area contributed by atoms with Crippen molar-refractivity contribution < 1.29 is 9.90 Å². The van der Waals surface area contributed by atoms with E-state index in [-0.39, 0.29) is 11.9 Å². The van der Waals surface area contributed by atoms with Crippen LogP contribution in [0.3, 0.4) is 0 Å². The number of carbonyl (C=O) groups is 1. The minimum absolute atomic E-state index is 0.0290. The smallest absolute Gasteiger partial charge is 0.239 e.